The topological polar surface area (TPSA) is 35.5 Å². The smallest absolute Gasteiger partial charge is 0.125 e. The van der Waals surface area contributed by atoms with Gasteiger partial charge in [0, 0.05) is 12.0 Å². The fraction of sp³-hybridized carbons (Fsp3) is 0.417. The second-order valence-corrected chi connectivity index (χ2v) is 3.33. The van der Waals surface area contributed by atoms with Crippen molar-refractivity contribution in [2.24, 2.45) is 0 Å². The van der Waals surface area contributed by atoms with Crippen LogP contribution in [0.2, 0.25) is 0 Å². The SMILES string of the molecule is COc1cc(CCC=O)cc(OC)c1C. The van der Waals surface area contributed by atoms with Crippen LogP contribution in [0.4, 0.5) is 0 Å². The van der Waals surface area contributed by atoms with E-state index >= 15 is 0 Å². The molecule has 3 heteroatoms. The van der Waals surface area contributed by atoms with Gasteiger partial charge >= 0.3 is 0 Å². The molecule has 0 amide bonds. The van der Waals surface area contributed by atoms with Gasteiger partial charge in [-0.25, -0.2) is 0 Å². The predicted molar refractivity (Wildman–Crippen MR) is 58.7 cm³/mol. The first kappa shape index (κ1) is 11.6. The van der Waals surface area contributed by atoms with Gasteiger partial charge in [-0.05, 0) is 31.0 Å². The molecule has 0 radical (unpaired) electrons. The van der Waals surface area contributed by atoms with Crippen LogP contribution in [0.3, 0.4) is 0 Å². The van der Waals surface area contributed by atoms with Gasteiger partial charge in [-0.3, -0.25) is 0 Å². The van der Waals surface area contributed by atoms with Crippen LogP contribution in [-0.4, -0.2) is 20.5 Å². The number of carbonyl (C=O) groups excluding carboxylic acids is 1. The van der Waals surface area contributed by atoms with E-state index in [1.54, 1.807) is 14.2 Å². The maximum absolute atomic E-state index is 10.3. The van der Waals surface area contributed by atoms with Crippen molar-refractivity contribution in [3.8, 4) is 11.5 Å². The molecule has 82 valence electrons. The van der Waals surface area contributed by atoms with Crippen molar-refractivity contribution < 1.29 is 14.3 Å². The Balaban J connectivity index is 3.03. The van der Waals surface area contributed by atoms with Crippen molar-refractivity contribution in [3.05, 3.63) is 23.3 Å². The van der Waals surface area contributed by atoms with Crippen LogP contribution in [0, 0.1) is 6.92 Å². The third kappa shape index (κ3) is 2.72. The van der Waals surface area contributed by atoms with Crippen LogP contribution in [0.1, 0.15) is 17.5 Å². The molecule has 0 atom stereocenters. The number of hydrogen-bond acceptors (Lipinski definition) is 3. The summed E-state index contributed by atoms with van der Waals surface area (Å²) in [5.74, 6) is 1.60. The Morgan fingerprint density at radius 1 is 1.20 bits per heavy atom. The first-order valence-electron chi connectivity index (χ1n) is 4.88. The van der Waals surface area contributed by atoms with Gasteiger partial charge in [0.15, 0.2) is 0 Å². The van der Waals surface area contributed by atoms with Gasteiger partial charge in [-0.1, -0.05) is 0 Å². The zero-order chi connectivity index (χ0) is 11.3. The van der Waals surface area contributed by atoms with E-state index in [1.807, 2.05) is 19.1 Å². The molecule has 0 N–H and O–H groups in total. The van der Waals surface area contributed by atoms with E-state index in [9.17, 15) is 4.79 Å². The molecule has 0 aromatic heterocycles. The molecule has 1 rings (SSSR count). The fourth-order valence-electron chi connectivity index (χ4n) is 1.51. The van der Waals surface area contributed by atoms with E-state index in [1.165, 1.54) is 0 Å². The zero-order valence-corrected chi connectivity index (χ0v) is 9.37. The maximum atomic E-state index is 10.3. The van der Waals surface area contributed by atoms with Crippen molar-refractivity contribution in [2.75, 3.05) is 14.2 Å². The molecule has 15 heavy (non-hydrogen) atoms. The summed E-state index contributed by atoms with van der Waals surface area (Å²) in [7, 11) is 3.26. The molecular formula is C12H16O3. The summed E-state index contributed by atoms with van der Waals surface area (Å²) in [4.78, 5) is 10.3. The Hall–Kier alpha value is -1.51. The summed E-state index contributed by atoms with van der Waals surface area (Å²) < 4.78 is 10.5. The van der Waals surface area contributed by atoms with Gasteiger partial charge in [0.2, 0.25) is 0 Å². The van der Waals surface area contributed by atoms with E-state index in [0.717, 1.165) is 35.3 Å². The first-order valence-corrected chi connectivity index (χ1v) is 4.88. The monoisotopic (exact) mass is 208 g/mol. The third-order valence-corrected chi connectivity index (χ3v) is 2.36. The molecule has 1 aromatic carbocycles. The molecule has 0 fully saturated rings. The van der Waals surface area contributed by atoms with Crippen LogP contribution in [0.15, 0.2) is 12.1 Å². The molecule has 0 saturated heterocycles. The average Bonchev–Trinajstić information content (AvgIpc) is 2.27. The summed E-state index contributed by atoms with van der Waals surface area (Å²) in [6.07, 6.45) is 2.16. The molecule has 0 unspecified atom stereocenters. The normalized spacial score (nSPS) is 9.80. The third-order valence-electron chi connectivity index (χ3n) is 2.36. The summed E-state index contributed by atoms with van der Waals surface area (Å²) >= 11 is 0. The lowest BCUT2D eigenvalue weighted by atomic mass is 10.1. The van der Waals surface area contributed by atoms with Gasteiger partial charge in [-0.2, -0.15) is 0 Å². The maximum Gasteiger partial charge on any atom is 0.125 e. The highest BCUT2D eigenvalue weighted by molar-refractivity contribution is 5.52. The minimum Gasteiger partial charge on any atom is -0.496 e. The van der Waals surface area contributed by atoms with Crippen molar-refractivity contribution in [3.63, 3.8) is 0 Å². The largest absolute Gasteiger partial charge is 0.496 e. The van der Waals surface area contributed by atoms with E-state index < -0.39 is 0 Å². The number of ether oxygens (including phenoxy) is 2. The summed E-state index contributed by atoms with van der Waals surface area (Å²) in [5, 5.41) is 0. The second-order valence-electron chi connectivity index (χ2n) is 3.33. The van der Waals surface area contributed by atoms with Crippen LogP contribution >= 0.6 is 0 Å². The molecule has 3 nitrogen and oxygen atoms in total. The van der Waals surface area contributed by atoms with Crippen molar-refractivity contribution >= 4 is 6.29 Å². The summed E-state index contributed by atoms with van der Waals surface area (Å²) in [5.41, 5.74) is 2.04. The van der Waals surface area contributed by atoms with E-state index in [2.05, 4.69) is 0 Å². The standard InChI is InChI=1S/C12H16O3/c1-9-11(14-2)7-10(5-4-6-13)8-12(9)15-3/h6-8H,4-5H2,1-3H3. The average molecular weight is 208 g/mol. The molecule has 0 spiro atoms. The number of rotatable bonds is 5. The van der Waals surface area contributed by atoms with E-state index in [4.69, 9.17) is 9.47 Å². The Labute approximate surface area is 90.0 Å². The van der Waals surface area contributed by atoms with E-state index in [0.29, 0.717) is 6.42 Å². The number of methoxy groups -OCH3 is 2. The lowest BCUT2D eigenvalue weighted by molar-refractivity contribution is -0.107. The molecule has 0 aliphatic carbocycles. The highest BCUT2D eigenvalue weighted by Crippen LogP contribution is 2.29. The molecule has 0 bridgehead atoms. The van der Waals surface area contributed by atoms with Gasteiger partial charge < -0.3 is 14.3 Å². The van der Waals surface area contributed by atoms with E-state index in [-0.39, 0.29) is 0 Å². The fourth-order valence-corrected chi connectivity index (χ4v) is 1.51. The van der Waals surface area contributed by atoms with Crippen LogP contribution in [0.5, 0.6) is 11.5 Å². The number of aryl methyl sites for hydroxylation is 1. The Kier molecular flexibility index (Phi) is 4.16. The minimum atomic E-state index is 0.523. The second kappa shape index (κ2) is 5.39. The number of benzene rings is 1. The molecule has 0 saturated carbocycles. The van der Waals surface area contributed by atoms with Crippen molar-refractivity contribution in [2.45, 2.75) is 19.8 Å². The molecule has 1 aromatic rings. The summed E-state index contributed by atoms with van der Waals surface area (Å²) in [6.45, 7) is 1.95. The Morgan fingerprint density at radius 2 is 1.73 bits per heavy atom. The number of aldehydes is 1. The van der Waals surface area contributed by atoms with Gasteiger partial charge in [0.1, 0.15) is 17.8 Å². The Morgan fingerprint density at radius 3 is 2.13 bits per heavy atom. The van der Waals surface area contributed by atoms with Crippen LogP contribution in [0.25, 0.3) is 0 Å². The highest BCUT2D eigenvalue weighted by Gasteiger charge is 2.07. The van der Waals surface area contributed by atoms with Crippen molar-refractivity contribution in [1.29, 1.82) is 0 Å². The number of hydrogen-bond donors (Lipinski definition) is 0. The van der Waals surface area contributed by atoms with Gasteiger partial charge in [0.25, 0.3) is 0 Å². The predicted octanol–water partition coefficient (Wildman–Crippen LogP) is 2.14. The first-order chi connectivity index (χ1) is 7.22. The molecule has 0 heterocycles. The minimum absolute atomic E-state index is 0.523. The van der Waals surface area contributed by atoms with Gasteiger partial charge in [-0.15, -0.1) is 0 Å². The molecule has 0 aliphatic rings. The molecule has 0 aliphatic heterocycles. The number of carbonyl (C=O) groups is 1. The zero-order valence-electron chi connectivity index (χ0n) is 9.37. The highest BCUT2D eigenvalue weighted by atomic mass is 16.5. The molecular weight excluding hydrogens is 192 g/mol. The quantitative estimate of drug-likeness (QED) is 0.695. The lowest BCUT2D eigenvalue weighted by Crippen LogP contribution is -1.96. The summed E-state index contributed by atoms with van der Waals surface area (Å²) in [6, 6.07) is 3.89. The van der Waals surface area contributed by atoms with Gasteiger partial charge in [0.05, 0.1) is 14.2 Å². The van der Waals surface area contributed by atoms with Crippen LogP contribution in [-0.2, 0) is 11.2 Å². The Bertz CT molecular complexity index is 320. The lowest BCUT2D eigenvalue weighted by Gasteiger charge is -2.11. The van der Waals surface area contributed by atoms with Crippen molar-refractivity contribution in [1.82, 2.24) is 0 Å². The van der Waals surface area contributed by atoms with Crippen LogP contribution < -0.4 is 9.47 Å².